The van der Waals surface area contributed by atoms with Crippen LogP contribution in [0.25, 0.3) is 23.0 Å². The maximum atomic E-state index is 11.0. The third kappa shape index (κ3) is 3.32. The Kier molecular flexibility index (Phi) is 4.55. The Labute approximate surface area is 148 Å². The number of para-hydroxylation sites is 1. The Bertz CT molecular complexity index is 1070. The van der Waals surface area contributed by atoms with Gasteiger partial charge in [0.1, 0.15) is 23.4 Å². The highest BCUT2D eigenvalue weighted by atomic mass is 16.6. The van der Waals surface area contributed by atoms with E-state index < -0.39 is 4.92 Å². The summed E-state index contributed by atoms with van der Waals surface area (Å²) in [7, 11) is 0. The minimum atomic E-state index is -0.483. The normalized spacial score (nSPS) is 9.77. The summed E-state index contributed by atoms with van der Waals surface area (Å²) in [5.41, 5.74) is 2.13. The van der Waals surface area contributed by atoms with Gasteiger partial charge in [0.05, 0.1) is 10.6 Å². The van der Waals surface area contributed by atoms with Crippen LogP contribution in [-0.2, 0) is 0 Å². The van der Waals surface area contributed by atoms with Gasteiger partial charge in [0.15, 0.2) is 0 Å². The molecule has 0 aliphatic carbocycles. The van der Waals surface area contributed by atoms with Gasteiger partial charge in [-0.05, 0) is 18.2 Å². The minimum absolute atomic E-state index is 0.0625. The number of allylic oxidation sites excluding steroid dienone is 1. The summed E-state index contributed by atoms with van der Waals surface area (Å²) in [4.78, 5) is 10.6. The second-order valence-corrected chi connectivity index (χ2v) is 5.30. The molecule has 7 heteroatoms. The smallest absolute Gasteiger partial charge is 0.258 e. The first-order valence-corrected chi connectivity index (χ1v) is 7.54. The zero-order valence-corrected chi connectivity index (χ0v) is 13.4. The van der Waals surface area contributed by atoms with Crippen LogP contribution >= 0.6 is 0 Å². The lowest BCUT2D eigenvalue weighted by Gasteiger charge is -2.00. The molecule has 0 saturated carbocycles. The van der Waals surface area contributed by atoms with Crippen molar-refractivity contribution in [1.29, 1.82) is 10.5 Å². The van der Waals surface area contributed by atoms with E-state index in [0.29, 0.717) is 16.8 Å². The minimum Gasteiger partial charge on any atom is -0.258 e. The Balaban J connectivity index is 2.20. The number of nitro benzene ring substituents is 1. The maximum absolute atomic E-state index is 11.0. The fourth-order valence-electron chi connectivity index (χ4n) is 2.44. The van der Waals surface area contributed by atoms with Crippen LogP contribution in [0.15, 0.2) is 66.4 Å². The van der Waals surface area contributed by atoms with Gasteiger partial charge in [-0.25, -0.2) is 4.68 Å². The van der Waals surface area contributed by atoms with Gasteiger partial charge < -0.3 is 0 Å². The predicted octanol–water partition coefficient (Wildman–Crippen LogP) is 3.88. The first kappa shape index (κ1) is 16.6. The van der Waals surface area contributed by atoms with Crippen molar-refractivity contribution in [2.75, 3.05) is 0 Å². The fourth-order valence-corrected chi connectivity index (χ4v) is 2.44. The maximum Gasteiger partial charge on any atom is 0.270 e. The van der Waals surface area contributed by atoms with Crippen LogP contribution in [0.2, 0.25) is 0 Å². The molecule has 2 aromatic carbocycles. The van der Waals surface area contributed by atoms with Crippen molar-refractivity contribution in [2.45, 2.75) is 0 Å². The predicted molar refractivity (Wildman–Crippen MR) is 94.9 cm³/mol. The van der Waals surface area contributed by atoms with Crippen LogP contribution < -0.4 is 0 Å². The molecule has 0 atom stereocenters. The number of nitrogens with zero attached hydrogens (tertiary/aromatic N) is 5. The monoisotopic (exact) mass is 341 g/mol. The second kappa shape index (κ2) is 7.12. The molecular formula is C19H11N5O2. The highest BCUT2D eigenvalue weighted by Gasteiger charge is 2.15. The number of nitriles is 2. The van der Waals surface area contributed by atoms with Gasteiger partial charge in [-0.15, -0.1) is 0 Å². The number of hydrogen-bond donors (Lipinski definition) is 0. The molecule has 124 valence electrons. The molecule has 3 aromatic rings. The van der Waals surface area contributed by atoms with E-state index in [1.54, 1.807) is 23.0 Å². The van der Waals surface area contributed by atoms with Crippen molar-refractivity contribution in [2.24, 2.45) is 0 Å². The molecule has 0 saturated heterocycles. The largest absolute Gasteiger partial charge is 0.270 e. The van der Waals surface area contributed by atoms with Gasteiger partial charge in [-0.1, -0.05) is 30.3 Å². The molecule has 0 spiro atoms. The Morgan fingerprint density at radius 1 is 1.12 bits per heavy atom. The standard InChI is InChI=1S/C19H11N5O2/c20-11-14(12-21)9-16-13-23(17-6-2-1-3-7-17)22-19(16)15-5-4-8-18(10-15)24(25)26/h1-10,13H. The number of aromatic nitrogens is 2. The van der Waals surface area contributed by atoms with Crippen molar-refractivity contribution < 1.29 is 4.92 Å². The summed E-state index contributed by atoms with van der Waals surface area (Å²) in [6.07, 6.45) is 3.10. The van der Waals surface area contributed by atoms with Gasteiger partial charge in [0.25, 0.3) is 5.69 Å². The topological polar surface area (TPSA) is 109 Å². The summed E-state index contributed by atoms with van der Waals surface area (Å²) in [6.45, 7) is 0. The molecule has 0 aliphatic rings. The van der Waals surface area contributed by atoms with Gasteiger partial charge in [0, 0.05) is 29.5 Å². The molecule has 0 unspecified atom stereocenters. The average Bonchev–Trinajstić information content (AvgIpc) is 3.10. The second-order valence-electron chi connectivity index (χ2n) is 5.30. The van der Waals surface area contributed by atoms with Crippen LogP contribution in [0, 0.1) is 32.8 Å². The number of benzene rings is 2. The van der Waals surface area contributed by atoms with Gasteiger partial charge in [-0.2, -0.15) is 15.6 Å². The molecule has 0 bridgehead atoms. The molecule has 7 nitrogen and oxygen atoms in total. The lowest BCUT2D eigenvalue weighted by molar-refractivity contribution is -0.384. The lowest BCUT2D eigenvalue weighted by Crippen LogP contribution is -1.94. The summed E-state index contributed by atoms with van der Waals surface area (Å²) < 4.78 is 1.60. The molecule has 0 fully saturated rings. The summed E-state index contributed by atoms with van der Waals surface area (Å²) in [5.74, 6) is 0. The molecule has 1 aromatic heterocycles. The zero-order valence-electron chi connectivity index (χ0n) is 13.4. The molecule has 26 heavy (non-hydrogen) atoms. The molecule has 3 rings (SSSR count). The Hall–Kier alpha value is -4.23. The van der Waals surface area contributed by atoms with Crippen LogP contribution in [0.4, 0.5) is 5.69 Å². The van der Waals surface area contributed by atoms with Gasteiger partial charge >= 0.3 is 0 Å². The van der Waals surface area contributed by atoms with Crippen molar-refractivity contribution in [3.8, 4) is 29.1 Å². The van der Waals surface area contributed by atoms with Crippen LogP contribution in [0.5, 0.6) is 0 Å². The van der Waals surface area contributed by atoms with E-state index in [0.717, 1.165) is 5.69 Å². The van der Waals surface area contributed by atoms with Crippen LogP contribution in [-0.4, -0.2) is 14.7 Å². The third-order valence-electron chi connectivity index (χ3n) is 3.63. The molecular weight excluding hydrogens is 330 g/mol. The highest BCUT2D eigenvalue weighted by molar-refractivity contribution is 5.76. The fraction of sp³-hybridized carbons (Fsp3) is 0. The van der Waals surface area contributed by atoms with E-state index in [1.165, 1.54) is 18.2 Å². The summed E-state index contributed by atoms with van der Waals surface area (Å²) in [5, 5.41) is 33.6. The van der Waals surface area contributed by atoms with E-state index in [2.05, 4.69) is 5.10 Å². The van der Waals surface area contributed by atoms with Crippen molar-refractivity contribution >= 4 is 11.8 Å². The Morgan fingerprint density at radius 2 is 1.85 bits per heavy atom. The number of hydrogen-bond acceptors (Lipinski definition) is 5. The zero-order chi connectivity index (χ0) is 18.5. The number of rotatable bonds is 4. The van der Waals surface area contributed by atoms with E-state index in [-0.39, 0.29) is 11.3 Å². The third-order valence-corrected chi connectivity index (χ3v) is 3.63. The molecule has 1 heterocycles. The van der Waals surface area contributed by atoms with Gasteiger partial charge in [0.2, 0.25) is 0 Å². The van der Waals surface area contributed by atoms with Crippen molar-refractivity contribution in [3.63, 3.8) is 0 Å². The average molecular weight is 341 g/mol. The van der Waals surface area contributed by atoms with E-state index in [1.807, 2.05) is 42.5 Å². The highest BCUT2D eigenvalue weighted by Crippen LogP contribution is 2.28. The van der Waals surface area contributed by atoms with Gasteiger partial charge in [-0.3, -0.25) is 10.1 Å². The van der Waals surface area contributed by atoms with Crippen LogP contribution in [0.3, 0.4) is 0 Å². The molecule has 0 N–H and O–H groups in total. The Morgan fingerprint density at radius 3 is 2.50 bits per heavy atom. The number of nitro groups is 1. The summed E-state index contributed by atoms with van der Waals surface area (Å²) in [6, 6.07) is 19.0. The number of non-ortho nitro benzene ring substituents is 1. The first-order valence-electron chi connectivity index (χ1n) is 7.54. The first-order chi connectivity index (χ1) is 12.6. The van der Waals surface area contributed by atoms with Crippen molar-refractivity contribution in [1.82, 2.24) is 9.78 Å². The van der Waals surface area contributed by atoms with Crippen LogP contribution in [0.1, 0.15) is 5.56 Å². The SMILES string of the molecule is N#CC(C#N)=Cc1cn(-c2ccccc2)nc1-c1cccc([N+](=O)[O-])c1. The molecule has 0 amide bonds. The van der Waals surface area contributed by atoms with E-state index in [9.17, 15) is 10.1 Å². The quantitative estimate of drug-likeness (QED) is 0.406. The van der Waals surface area contributed by atoms with E-state index >= 15 is 0 Å². The molecule has 0 aliphatic heterocycles. The van der Waals surface area contributed by atoms with Crippen molar-refractivity contribution in [3.05, 3.63) is 82.0 Å². The lowest BCUT2D eigenvalue weighted by atomic mass is 10.1. The molecule has 0 radical (unpaired) electrons. The van der Waals surface area contributed by atoms with E-state index in [4.69, 9.17) is 10.5 Å². The summed E-state index contributed by atoms with van der Waals surface area (Å²) >= 11 is 0.